The molecule has 2 aromatic carbocycles. The van der Waals surface area contributed by atoms with Crippen molar-refractivity contribution >= 4 is 28.6 Å². The molecule has 32 heavy (non-hydrogen) atoms. The van der Waals surface area contributed by atoms with E-state index in [0.29, 0.717) is 22.6 Å². The molecular weight excluding hydrogens is 422 g/mol. The maximum absolute atomic E-state index is 13.2. The molecule has 0 aliphatic carbocycles. The fourth-order valence-corrected chi connectivity index (χ4v) is 4.77. The summed E-state index contributed by atoms with van der Waals surface area (Å²) in [7, 11) is 0. The second kappa shape index (κ2) is 10.3. The minimum atomic E-state index is -0.0901. The summed E-state index contributed by atoms with van der Waals surface area (Å²) in [5, 5.41) is 4.19. The van der Waals surface area contributed by atoms with Crippen LogP contribution in [-0.2, 0) is 22.5 Å². The Bertz CT molecular complexity index is 1140. The summed E-state index contributed by atoms with van der Waals surface area (Å²) in [5.41, 5.74) is 2.90. The van der Waals surface area contributed by atoms with Gasteiger partial charge in [-0.1, -0.05) is 55.1 Å². The van der Waals surface area contributed by atoms with Gasteiger partial charge in [-0.15, -0.1) is 0 Å². The molecule has 2 heterocycles. The van der Waals surface area contributed by atoms with E-state index in [4.69, 9.17) is 9.72 Å². The smallest absolute Gasteiger partial charge is 0.262 e. The van der Waals surface area contributed by atoms with E-state index in [2.05, 4.69) is 36.5 Å². The molecule has 4 rings (SSSR count). The zero-order valence-corrected chi connectivity index (χ0v) is 19.4. The number of nitrogens with zero attached hydrogens (tertiary/aromatic N) is 2. The fraction of sp³-hybridized carbons (Fsp3) is 0.400. The molecule has 6 nitrogen and oxygen atoms in total. The molecule has 2 unspecified atom stereocenters. The second-order valence-electron chi connectivity index (χ2n) is 8.14. The van der Waals surface area contributed by atoms with Crippen LogP contribution in [0.25, 0.3) is 10.9 Å². The number of amides is 1. The van der Waals surface area contributed by atoms with E-state index >= 15 is 0 Å². The fourth-order valence-electron chi connectivity index (χ4n) is 3.95. The number of carbonyl (C=O) groups is 1. The molecular formula is C25H29N3O3S. The molecule has 1 aromatic heterocycles. The lowest BCUT2D eigenvalue weighted by molar-refractivity contribution is -0.119. The Morgan fingerprint density at radius 1 is 1.25 bits per heavy atom. The number of carbonyl (C=O) groups excluding carboxylic acids is 1. The zero-order chi connectivity index (χ0) is 22.5. The summed E-state index contributed by atoms with van der Waals surface area (Å²) >= 11 is 1.30. The van der Waals surface area contributed by atoms with Crippen LogP contribution in [0.15, 0.2) is 58.5 Å². The van der Waals surface area contributed by atoms with Crippen LogP contribution in [-0.4, -0.2) is 33.9 Å². The topological polar surface area (TPSA) is 73.2 Å². The number of aryl methyl sites for hydroxylation is 1. The molecule has 0 radical (unpaired) electrons. The highest BCUT2D eigenvalue weighted by molar-refractivity contribution is 7.99. The molecule has 2 atom stereocenters. The van der Waals surface area contributed by atoms with Crippen LogP contribution in [0.1, 0.15) is 43.9 Å². The van der Waals surface area contributed by atoms with Crippen molar-refractivity contribution in [2.75, 3.05) is 12.4 Å². The highest BCUT2D eigenvalue weighted by Crippen LogP contribution is 2.21. The number of thioether (sulfide) groups is 1. The van der Waals surface area contributed by atoms with Crippen LogP contribution >= 0.6 is 11.8 Å². The van der Waals surface area contributed by atoms with Gasteiger partial charge in [0.2, 0.25) is 5.91 Å². The van der Waals surface area contributed by atoms with Crippen LogP contribution in [0.3, 0.4) is 0 Å². The second-order valence-corrected chi connectivity index (χ2v) is 9.08. The minimum absolute atomic E-state index is 0.00922. The summed E-state index contributed by atoms with van der Waals surface area (Å²) in [6.07, 6.45) is 2.93. The third-order valence-electron chi connectivity index (χ3n) is 5.83. The first-order valence-corrected chi connectivity index (χ1v) is 12.2. The Kier molecular flexibility index (Phi) is 7.27. The monoisotopic (exact) mass is 451 g/mol. The van der Waals surface area contributed by atoms with Crippen molar-refractivity contribution in [1.29, 1.82) is 0 Å². The van der Waals surface area contributed by atoms with Gasteiger partial charge >= 0.3 is 0 Å². The summed E-state index contributed by atoms with van der Waals surface area (Å²) < 4.78 is 7.42. The summed E-state index contributed by atoms with van der Waals surface area (Å²) in [4.78, 5) is 30.5. The number of hydrogen-bond acceptors (Lipinski definition) is 5. The van der Waals surface area contributed by atoms with Gasteiger partial charge < -0.3 is 10.1 Å². The van der Waals surface area contributed by atoms with Gasteiger partial charge in [-0.3, -0.25) is 14.2 Å². The number of ether oxygens (including phenoxy) is 1. The molecule has 0 saturated carbocycles. The number of rotatable bonds is 8. The van der Waals surface area contributed by atoms with Gasteiger partial charge in [0.25, 0.3) is 5.56 Å². The number of nitrogens with one attached hydrogen (secondary N) is 1. The van der Waals surface area contributed by atoms with Gasteiger partial charge in [-0.2, -0.15) is 0 Å². The maximum atomic E-state index is 13.2. The Labute approximate surface area is 192 Å². The molecule has 0 bridgehead atoms. The lowest BCUT2D eigenvalue weighted by Crippen LogP contribution is -2.30. The number of hydrogen-bond donors (Lipinski definition) is 1. The first-order chi connectivity index (χ1) is 15.5. The van der Waals surface area contributed by atoms with Crippen LogP contribution in [0.4, 0.5) is 0 Å². The van der Waals surface area contributed by atoms with Crippen molar-refractivity contribution in [3.63, 3.8) is 0 Å². The van der Waals surface area contributed by atoms with Crippen molar-refractivity contribution in [3.05, 3.63) is 70.0 Å². The molecule has 1 aliphatic heterocycles. The van der Waals surface area contributed by atoms with E-state index in [9.17, 15) is 9.59 Å². The van der Waals surface area contributed by atoms with Crippen LogP contribution in [0.2, 0.25) is 0 Å². The lowest BCUT2D eigenvalue weighted by atomic mass is 10.1. The lowest BCUT2D eigenvalue weighted by Gasteiger charge is -2.17. The standard InChI is InChI=1S/C25H29N3O3S/c1-3-18-10-12-19(13-11-18)17(2)26-23(29)16-32-25-27-22-9-5-4-8-21(22)24(30)28(25)15-20-7-6-14-31-20/h4-5,8-13,17,20H,3,6-7,14-16H2,1-2H3,(H,26,29). The number of fused-ring (bicyclic) bond motifs is 1. The summed E-state index contributed by atoms with van der Waals surface area (Å²) in [6.45, 7) is 5.28. The quantitative estimate of drug-likeness (QED) is 0.412. The summed E-state index contributed by atoms with van der Waals surface area (Å²) in [6, 6.07) is 15.5. The number of aromatic nitrogens is 2. The third kappa shape index (κ3) is 5.22. The predicted molar refractivity (Wildman–Crippen MR) is 128 cm³/mol. The molecule has 1 fully saturated rings. The Hall–Kier alpha value is -2.64. The molecule has 1 amide bonds. The number of benzene rings is 2. The van der Waals surface area contributed by atoms with Gasteiger partial charge in [0.1, 0.15) is 0 Å². The summed E-state index contributed by atoms with van der Waals surface area (Å²) in [5.74, 6) is 0.0985. The van der Waals surface area contributed by atoms with Gasteiger partial charge in [0.15, 0.2) is 5.16 Å². The largest absolute Gasteiger partial charge is 0.376 e. The zero-order valence-electron chi connectivity index (χ0n) is 18.5. The Morgan fingerprint density at radius 2 is 2.03 bits per heavy atom. The average molecular weight is 452 g/mol. The molecule has 0 spiro atoms. The van der Waals surface area contributed by atoms with Crippen molar-refractivity contribution < 1.29 is 9.53 Å². The maximum Gasteiger partial charge on any atom is 0.262 e. The van der Waals surface area contributed by atoms with Crippen molar-refractivity contribution in [3.8, 4) is 0 Å². The molecule has 7 heteroatoms. The normalized spacial score (nSPS) is 16.9. The average Bonchev–Trinajstić information content (AvgIpc) is 3.33. The predicted octanol–water partition coefficient (Wildman–Crippen LogP) is 4.11. The van der Waals surface area contributed by atoms with Crippen molar-refractivity contribution in [2.45, 2.75) is 57.0 Å². The van der Waals surface area contributed by atoms with Gasteiger partial charge in [-0.25, -0.2) is 4.98 Å². The van der Waals surface area contributed by atoms with Crippen molar-refractivity contribution in [2.24, 2.45) is 0 Å². The van der Waals surface area contributed by atoms with Crippen LogP contribution < -0.4 is 10.9 Å². The number of para-hydroxylation sites is 1. The highest BCUT2D eigenvalue weighted by atomic mass is 32.2. The van der Waals surface area contributed by atoms with Crippen LogP contribution in [0.5, 0.6) is 0 Å². The molecule has 1 N–H and O–H groups in total. The van der Waals surface area contributed by atoms with Crippen molar-refractivity contribution in [1.82, 2.24) is 14.9 Å². The van der Waals surface area contributed by atoms with Crippen LogP contribution in [0, 0.1) is 0 Å². The molecule has 3 aromatic rings. The van der Waals surface area contributed by atoms with E-state index in [0.717, 1.165) is 31.4 Å². The molecule has 1 aliphatic rings. The van der Waals surface area contributed by atoms with Gasteiger partial charge in [-0.05, 0) is 49.4 Å². The SMILES string of the molecule is CCc1ccc(C(C)NC(=O)CSc2nc3ccccc3c(=O)n2CC2CCCO2)cc1. The van der Waals surface area contributed by atoms with Gasteiger partial charge in [0, 0.05) is 6.61 Å². The van der Waals surface area contributed by atoms with E-state index in [1.807, 2.05) is 25.1 Å². The highest BCUT2D eigenvalue weighted by Gasteiger charge is 2.21. The van der Waals surface area contributed by atoms with E-state index in [-0.39, 0.29) is 29.4 Å². The first-order valence-electron chi connectivity index (χ1n) is 11.2. The Morgan fingerprint density at radius 3 is 2.75 bits per heavy atom. The Balaban J connectivity index is 1.48. The first kappa shape index (κ1) is 22.6. The van der Waals surface area contributed by atoms with Gasteiger partial charge in [0.05, 0.1) is 35.3 Å². The molecule has 168 valence electrons. The molecule has 1 saturated heterocycles. The van der Waals surface area contributed by atoms with E-state index in [1.165, 1.54) is 17.3 Å². The van der Waals surface area contributed by atoms with E-state index in [1.54, 1.807) is 10.6 Å². The van der Waals surface area contributed by atoms with E-state index < -0.39 is 0 Å². The third-order valence-corrected chi connectivity index (χ3v) is 6.81. The minimum Gasteiger partial charge on any atom is -0.376 e.